The third-order valence-corrected chi connectivity index (χ3v) is 6.52. The van der Waals surface area contributed by atoms with Crippen molar-refractivity contribution in [3.8, 4) is 23.4 Å². The van der Waals surface area contributed by atoms with Gasteiger partial charge in [0.05, 0.1) is 34.8 Å². The third-order valence-electron chi connectivity index (χ3n) is 5.85. The third kappa shape index (κ3) is 4.69. The van der Waals surface area contributed by atoms with E-state index in [-0.39, 0.29) is 6.54 Å². The van der Waals surface area contributed by atoms with Crippen molar-refractivity contribution < 1.29 is 8.42 Å². The normalized spacial score (nSPS) is 16.7. The Morgan fingerprint density at radius 3 is 2.68 bits per heavy atom. The molecule has 0 bridgehead atoms. The van der Waals surface area contributed by atoms with Crippen molar-refractivity contribution in [3.05, 3.63) is 64.8 Å². The predicted octanol–water partition coefficient (Wildman–Crippen LogP) is 3.17. The Labute approximate surface area is 198 Å². The van der Waals surface area contributed by atoms with E-state index in [9.17, 15) is 18.9 Å². The van der Waals surface area contributed by atoms with E-state index in [0.717, 1.165) is 28.6 Å². The van der Waals surface area contributed by atoms with E-state index >= 15 is 0 Å². The van der Waals surface area contributed by atoms with Gasteiger partial charge in [0.2, 0.25) is 16.0 Å². The molecule has 0 radical (unpaired) electrons. The van der Waals surface area contributed by atoms with Crippen LogP contribution in [0.4, 0.5) is 17.3 Å². The fourth-order valence-corrected chi connectivity index (χ4v) is 4.48. The Morgan fingerprint density at radius 1 is 1.18 bits per heavy atom. The van der Waals surface area contributed by atoms with E-state index in [1.807, 2.05) is 26.0 Å². The highest BCUT2D eigenvalue weighted by atomic mass is 32.2. The smallest absolute Gasteiger partial charge is 0.227 e. The van der Waals surface area contributed by atoms with Crippen molar-refractivity contribution in [2.45, 2.75) is 19.3 Å². The molecule has 10 heteroatoms. The molecule has 3 N–H and O–H groups in total. The highest BCUT2D eigenvalue weighted by molar-refractivity contribution is 7.88. The van der Waals surface area contributed by atoms with E-state index in [4.69, 9.17) is 0 Å². The maximum absolute atomic E-state index is 11.7. The molecule has 0 aliphatic carbocycles. The summed E-state index contributed by atoms with van der Waals surface area (Å²) < 4.78 is 25.9. The highest BCUT2D eigenvalue weighted by Gasteiger charge is 2.37. The number of anilines is 3. The second kappa shape index (κ2) is 8.75. The molecule has 2 aromatic carbocycles. The summed E-state index contributed by atoms with van der Waals surface area (Å²) in [5, 5.41) is 25.4. The molecule has 0 unspecified atom stereocenters. The van der Waals surface area contributed by atoms with Gasteiger partial charge in [-0.2, -0.15) is 10.5 Å². The topological polar surface area (TPSA) is 144 Å². The molecule has 1 aliphatic heterocycles. The Balaban J connectivity index is 1.72. The van der Waals surface area contributed by atoms with Crippen molar-refractivity contribution in [1.29, 1.82) is 10.5 Å². The van der Waals surface area contributed by atoms with Gasteiger partial charge in [-0.3, -0.25) is 0 Å². The molecule has 34 heavy (non-hydrogen) atoms. The van der Waals surface area contributed by atoms with Gasteiger partial charge in [-0.15, -0.1) is 0 Å². The van der Waals surface area contributed by atoms with Gasteiger partial charge < -0.3 is 10.6 Å². The first-order chi connectivity index (χ1) is 16.1. The van der Waals surface area contributed by atoms with E-state index in [2.05, 4.69) is 37.5 Å². The molecule has 9 nitrogen and oxygen atoms in total. The number of hydrogen-bond donors (Lipinski definition) is 3. The summed E-state index contributed by atoms with van der Waals surface area (Å²) >= 11 is 0. The summed E-state index contributed by atoms with van der Waals surface area (Å²) in [5.74, 6) is 0.356. The van der Waals surface area contributed by atoms with Crippen LogP contribution in [-0.4, -0.2) is 37.7 Å². The van der Waals surface area contributed by atoms with E-state index in [0.29, 0.717) is 35.0 Å². The average Bonchev–Trinajstić information content (AvgIpc) is 3.15. The molecule has 0 spiro atoms. The van der Waals surface area contributed by atoms with Gasteiger partial charge in [-0.1, -0.05) is 13.0 Å². The number of hydrogen-bond acceptors (Lipinski definition) is 8. The second-order valence-corrected chi connectivity index (χ2v) is 10.4. The number of aryl methyl sites for hydroxylation is 1. The summed E-state index contributed by atoms with van der Waals surface area (Å²) in [4.78, 5) is 8.92. The van der Waals surface area contributed by atoms with Crippen LogP contribution in [0.2, 0.25) is 0 Å². The summed E-state index contributed by atoms with van der Waals surface area (Å²) in [5.41, 5.74) is 5.00. The van der Waals surface area contributed by atoms with Gasteiger partial charge in [0.15, 0.2) is 0 Å². The lowest BCUT2D eigenvalue weighted by atomic mass is 9.83. The molecule has 2 heterocycles. The lowest BCUT2D eigenvalue weighted by Gasteiger charge is -2.24. The van der Waals surface area contributed by atoms with Gasteiger partial charge in [0.1, 0.15) is 6.07 Å². The first-order valence-corrected chi connectivity index (χ1v) is 12.4. The zero-order chi connectivity index (χ0) is 24.5. The number of fused-ring (bicyclic) bond motifs is 1. The van der Waals surface area contributed by atoms with Crippen molar-refractivity contribution >= 4 is 27.3 Å². The van der Waals surface area contributed by atoms with Crippen LogP contribution in [0.5, 0.6) is 0 Å². The molecule has 4 rings (SSSR count). The zero-order valence-corrected chi connectivity index (χ0v) is 19.8. The van der Waals surface area contributed by atoms with Gasteiger partial charge in [0, 0.05) is 36.0 Å². The molecule has 1 atom stereocenters. The van der Waals surface area contributed by atoms with Crippen molar-refractivity contribution in [1.82, 2.24) is 14.7 Å². The highest BCUT2D eigenvalue weighted by Crippen LogP contribution is 2.41. The summed E-state index contributed by atoms with van der Waals surface area (Å²) in [6.07, 6.45) is 2.75. The first-order valence-electron chi connectivity index (χ1n) is 10.5. The Bertz CT molecular complexity index is 1470. The number of benzene rings is 2. The molecular weight excluding hydrogens is 450 g/mol. The molecule has 0 saturated carbocycles. The average molecular weight is 474 g/mol. The number of nitrogens with zero attached hydrogens (tertiary/aromatic N) is 4. The number of sulfonamides is 1. The number of nitrogens with one attached hydrogen (secondary N) is 3. The lowest BCUT2D eigenvalue weighted by molar-refractivity contribution is 0.502. The molecule has 1 aromatic heterocycles. The number of rotatable bonds is 6. The molecule has 0 amide bonds. The van der Waals surface area contributed by atoms with Crippen LogP contribution in [0, 0.1) is 29.6 Å². The van der Waals surface area contributed by atoms with Gasteiger partial charge in [-0.25, -0.2) is 23.1 Å². The SMILES string of the molecule is Cc1ccc(C#N)cc1Nc1nccc(-c2cc(C#N)c3c(c2)[C@@](C)(CNS(C)(=O)=O)CN3)n1. The van der Waals surface area contributed by atoms with Crippen LogP contribution in [0.3, 0.4) is 0 Å². The van der Waals surface area contributed by atoms with Crippen LogP contribution < -0.4 is 15.4 Å². The fraction of sp³-hybridized carbons (Fsp3) is 0.250. The molecule has 0 saturated heterocycles. The second-order valence-electron chi connectivity index (χ2n) is 8.60. The zero-order valence-electron chi connectivity index (χ0n) is 19.0. The van der Waals surface area contributed by atoms with Crippen LogP contribution >= 0.6 is 0 Å². The Morgan fingerprint density at radius 2 is 1.97 bits per heavy atom. The van der Waals surface area contributed by atoms with Crippen molar-refractivity contribution in [2.75, 3.05) is 30.0 Å². The molecule has 3 aromatic rings. The van der Waals surface area contributed by atoms with Crippen LogP contribution in [-0.2, 0) is 15.4 Å². The molecule has 0 fully saturated rings. The predicted molar refractivity (Wildman–Crippen MR) is 130 cm³/mol. The van der Waals surface area contributed by atoms with Gasteiger partial charge in [-0.05, 0) is 48.4 Å². The minimum Gasteiger partial charge on any atom is -0.383 e. The van der Waals surface area contributed by atoms with Gasteiger partial charge >= 0.3 is 0 Å². The van der Waals surface area contributed by atoms with Crippen LogP contribution in [0.25, 0.3) is 11.3 Å². The number of nitriles is 2. The fourth-order valence-electron chi connectivity index (χ4n) is 3.90. The molecular formula is C24H23N7O2S. The quantitative estimate of drug-likeness (QED) is 0.495. The standard InChI is InChI=1S/C24H23N7O2S/c1-15-4-5-16(11-25)8-21(15)31-23-27-7-6-20(30-23)17-9-18(12-26)22-19(10-17)24(2,13-28-22)14-29-34(3,32)33/h4-10,28-29H,13-14H2,1-3H3,(H,27,30,31)/t24-/m1/s1. The molecule has 172 valence electrons. The maximum Gasteiger partial charge on any atom is 0.227 e. The number of aromatic nitrogens is 2. The minimum atomic E-state index is -3.37. The maximum atomic E-state index is 11.7. The summed E-state index contributed by atoms with van der Waals surface area (Å²) in [6.45, 7) is 4.57. The van der Waals surface area contributed by atoms with Gasteiger partial charge in [0.25, 0.3) is 0 Å². The summed E-state index contributed by atoms with van der Waals surface area (Å²) in [7, 11) is -3.37. The van der Waals surface area contributed by atoms with E-state index < -0.39 is 15.4 Å². The first kappa shape index (κ1) is 23.2. The van der Waals surface area contributed by atoms with Crippen LogP contribution in [0.15, 0.2) is 42.6 Å². The van der Waals surface area contributed by atoms with E-state index in [1.165, 1.54) is 0 Å². The Kier molecular flexibility index (Phi) is 5.96. The van der Waals surface area contributed by atoms with Crippen molar-refractivity contribution in [2.24, 2.45) is 0 Å². The summed E-state index contributed by atoms with van der Waals surface area (Å²) in [6, 6.07) is 15.1. The monoisotopic (exact) mass is 473 g/mol. The van der Waals surface area contributed by atoms with Crippen LogP contribution in [0.1, 0.15) is 29.2 Å². The molecule has 1 aliphatic rings. The minimum absolute atomic E-state index is 0.200. The van der Waals surface area contributed by atoms with Crippen molar-refractivity contribution in [3.63, 3.8) is 0 Å². The lowest BCUT2D eigenvalue weighted by Crippen LogP contribution is -2.39. The van der Waals surface area contributed by atoms with E-state index in [1.54, 1.807) is 30.5 Å². The Hall–Kier alpha value is -3.99. The largest absolute Gasteiger partial charge is 0.383 e.